The number of hydrogen-bond donors (Lipinski definition) is 2. The number of carbonyl (C=O) groups excluding carboxylic acids is 1. The molecule has 2 rings (SSSR count). The van der Waals surface area contributed by atoms with Crippen LogP contribution in [0.15, 0.2) is 17.5 Å². The summed E-state index contributed by atoms with van der Waals surface area (Å²) in [7, 11) is 0. The van der Waals surface area contributed by atoms with Gasteiger partial charge in [-0.05, 0) is 37.6 Å². The van der Waals surface area contributed by atoms with E-state index in [2.05, 4.69) is 22.1 Å². The number of hydrogen-bond acceptors (Lipinski definition) is 2. The Bertz CT molecular complexity index is 333. The monoisotopic (exact) mass is 238 g/mol. The summed E-state index contributed by atoms with van der Waals surface area (Å²) >= 11 is 1.74. The largest absolute Gasteiger partial charge is 0.335 e. The van der Waals surface area contributed by atoms with E-state index in [4.69, 9.17) is 0 Å². The van der Waals surface area contributed by atoms with Crippen LogP contribution in [0.3, 0.4) is 0 Å². The zero-order chi connectivity index (χ0) is 11.4. The number of amides is 2. The number of rotatable bonds is 4. The molecule has 1 saturated carbocycles. The maximum absolute atomic E-state index is 11.6. The molecule has 1 aliphatic rings. The van der Waals surface area contributed by atoms with Crippen molar-refractivity contribution in [1.29, 1.82) is 0 Å². The first-order chi connectivity index (χ1) is 7.74. The zero-order valence-corrected chi connectivity index (χ0v) is 10.3. The second kappa shape index (κ2) is 5.34. The lowest BCUT2D eigenvalue weighted by Crippen LogP contribution is -2.48. The van der Waals surface area contributed by atoms with Crippen molar-refractivity contribution in [1.82, 2.24) is 10.6 Å². The first kappa shape index (κ1) is 11.5. The molecule has 2 amide bonds. The molecule has 1 heterocycles. The fourth-order valence-electron chi connectivity index (χ4n) is 1.78. The van der Waals surface area contributed by atoms with Gasteiger partial charge in [0.1, 0.15) is 0 Å². The van der Waals surface area contributed by atoms with Gasteiger partial charge in [0.25, 0.3) is 0 Å². The lowest BCUT2D eigenvalue weighted by atomic mass is 9.93. The van der Waals surface area contributed by atoms with Crippen LogP contribution in [0.5, 0.6) is 0 Å². The van der Waals surface area contributed by atoms with Gasteiger partial charge in [0.05, 0.1) is 0 Å². The SMILES string of the molecule is CC(Cc1cccs1)NC(=O)NC1CCC1. The van der Waals surface area contributed by atoms with Crippen LogP contribution in [0, 0.1) is 0 Å². The van der Waals surface area contributed by atoms with E-state index >= 15 is 0 Å². The maximum Gasteiger partial charge on any atom is 0.315 e. The smallest absolute Gasteiger partial charge is 0.315 e. The van der Waals surface area contributed by atoms with Crippen LogP contribution in [0.25, 0.3) is 0 Å². The van der Waals surface area contributed by atoms with E-state index in [9.17, 15) is 4.79 Å². The third-order valence-corrected chi connectivity index (χ3v) is 3.80. The molecule has 1 unspecified atom stereocenters. The summed E-state index contributed by atoms with van der Waals surface area (Å²) in [5.41, 5.74) is 0. The van der Waals surface area contributed by atoms with Gasteiger partial charge in [0.15, 0.2) is 0 Å². The quantitative estimate of drug-likeness (QED) is 0.831. The molecule has 3 nitrogen and oxygen atoms in total. The number of nitrogens with one attached hydrogen (secondary N) is 2. The van der Waals surface area contributed by atoms with Crippen LogP contribution < -0.4 is 10.6 Å². The van der Waals surface area contributed by atoms with E-state index in [1.54, 1.807) is 11.3 Å². The Morgan fingerprint density at radius 2 is 2.44 bits per heavy atom. The lowest BCUT2D eigenvalue weighted by Gasteiger charge is -2.27. The van der Waals surface area contributed by atoms with Gasteiger partial charge < -0.3 is 10.6 Å². The molecular weight excluding hydrogens is 220 g/mol. The fraction of sp³-hybridized carbons (Fsp3) is 0.583. The number of urea groups is 1. The Kier molecular flexibility index (Phi) is 3.83. The summed E-state index contributed by atoms with van der Waals surface area (Å²) < 4.78 is 0. The molecule has 88 valence electrons. The molecule has 0 radical (unpaired) electrons. The summed E-state index contributed by atoms with van der Waals surface area (Å²) in [5, 5.41) is 8.02. The van der Waals surface area contributed by atoms with Gasteiger partial charge >= 0.3 is 6.03 Å². The topological polar surface area (TPSA) is 41.1 Å². The van der Waals surface area contributed by atoms with Crippen molar-refractivity contribution in [2.75, 3.05) is 0 Å². The zero-order valence-electron chi connectivity index (χ0n) is 9.53. The van der Waals surface area contributed by atoms with Crippen LogP contribution >= 0.6 is 11.3 Å². The molecule has 1 fully saturated rings. The Balaban J connectivity index is 1.69. The molecule has 0 aliphatic heterocycles. The first-order valence-corrected chi connectivity index (χ1v) is 6.71. The molecular formula is C12H18N2OS. The van der Waals surface area contributed by atoms with Gasteiger partial charge in [-0.3, -0.25) is 0 Å². The minimum absolute atomic E-state index is 0.0197. The van der Waals surface area contributed by atoms with Crippen molar-refractivity contribution >= 4 is 17.4 Å². The second-order valence-electron chi connectivity index (χ2n) is 4.43. The number of thiophene rings is 1. The third kappa shape index (κ3) is 3.23. The minimum atomic E-state index is -0.0197. The molecule has 0 aromatic carbocycles. The predicted octanol–water partition coefficient (Wildman–Crippen LogP) is 2.53. The summed E-state index contributed by atoms with van der Waals surface area (Å²) in [5.74, 6) is 0. The van der Waals surface area contributed by atoms with Gasteiger partial charge in [0, 0.05) is 23.4 Å². The van der Waals surface area contributed by atoms with Crippen molar-refractivity contribution < 1.29 is 4.79 Å². The van der Waals surface area contributed by atoms with Crippen molar-refractivity contribution in [3.8, 4) is 0 Å². The molecule has 0 spiro atoms. The van der Waals surface area contributed by atoms with Crippen LogP contribution in [0.1, 0.15) is 31.1 Å². The fourth-order valence-corrected chi connectivity index (χ4v) is 2.62. The molecule has 4 heteroatoms. The second-order valence-corrected chi connectivity index (χ2v) is 5.46. The predicted molar refractivity (Wildman–Crippen MR) is 66.8 cm³/mol. The highest BCUT2D eigenvalue weighted by molar-refractivity contribution is 7.09. The van der Waals surface area contributed by atoms with Crippen LogP contribution in [0.2, 0.25) is 0 Å². The molecule has 1 aromatic heterocycles. The average molecular weight is 238 g/mol. The molecule has 2 N–H and O–H groups in total. The maximum atomic E-state index is 11.6. The van der Waals surface area contributed by atoms with Crippen LogP contribution in [-0.2, 0) is 6.42 Å². The molecule has 0 saturated heterocycles. The Labute approximate surface area is 100 Å². The van der Waals surface area contributed by atoms with Crippen molar-refractivity contribution in [2.45, 2.75) is 44.7 Å². The normalized spacial score (nSPS) is 17.6. The Morgan fingerprint density at radius 1 is 1.62 bits per heavy atom. The van der Waals surface area contributed by atoms with E-state index in [-0.39, 0.29) is 12.1 Å². The molecule has 0 bridgehead atoms. The van der Waals surface area contributed by atoms with Gasteiger partial charge in [0.2, 0.25) is 0 Å². The van der Waals surface area contributed by atoms with E-state index < -0.39 is 0 Å². The van der Waals surface area contributed by atoms with Crippen LogP contribution in [-0.4, -0.2) is 18.1 Å². The molecule has 1 atom stereocenters. The van der Waals surface area contributed by atoms with E-state index in [0.717, 1.165) is 19.3 Å². The summed E-state index contributed by atoms with van der Waals surface area (Å²) in [6.45, 7) is 2.04. The van der Waals surface area contributed by atoms with Crippen molar-refractivity contribution in [3.63, 3.8) is 0 Å². The highest BCUT2D eigenvalue weighted by Crippen LogP contribution is 2.17. The van der Waals surface area contributed by atoms with Gasteiger partial charge in [-0.15, -0.1) is 11.3 Å². The third-order valence-electron chi connectivity index (χ3n) is 2.91. The summed E-state index contributed by atoms with van der Waals surface area (Å²) in [6.07, 6.45) is 4.42. The van der Waals surface area contributed by atoms with Gasteiger partial charge in [-0.1, -0.05) is 6.07 Å². The molecule has 16 heavy (non-hydrogen) atoms. The van der Waals surface area contributed by atoms with E-state index in [1.165, 1.54) is 11.3 Å². The number of carbonyl (C=O) groups is 1. The average Bonchev–Trinajstić information content (AvgIpc) is 2.63. The van der Waals surface area contributed by atoms with Crippen molar-refractivity contribution in [3.05, 3.63) is 22.4 Å². The lowest BCUT2D eigenvalue weighted by molar-refractivity contribution is 0.225. The summed E-state index contributed by atoms with van der Waals surface area (Å²) in [4.78, 5) is 12.9. The standard InChI is InChI=1S/C12H18N2OS/c1-9(8-11-6-3-7-16-11)13-12(15)14-10-4-2-5-10/h3,6-7,9-10H,2,4-5,8H2,1H3,(H2,13,14,15). The Morgan fingerprint density at radius 3 is 3.00 bits per heavy atom. The Hall–Kier alpha value is -1.03. The molecule has 1 aliphatic carbocycles. The minimum Gasteiger partial charge on any atom is -0.335 e. The highest BCUT2D eigenvalue weighted by atomic mass is 32.1. The van der Waals surface area contributed by atoms with E-state index in [0.29, 0.717) is 6.04 Å². The van der Waals surface area contributed by atoms with Gasteiger partial charge in [-0.2, -0.15) is 0 Å². The van der Waals surface area contributed by atoms with Crippen LogP contribution in [0.4, 0.5) is 4.79 Å². The van der Waals surface area contributed by atoms with E-state index in [1.807, 2.05) is 13.0 Å². The van der Waals surface area contributed by atoms with Gasteiger partial charge in [-0.25, -0.2) is 4.79 Å². The first-order valence-electron chi connectivity index (χ1n) is 5.83. The molecule has 1 aromatic rings. The summed E-state index contributed by atoms with van der Waals surface area (Å²) in [6, 6.07) is 4.73. The highest BCUT2D eigenvalue weighted by Gasteiger charge is 2.19. The van der Waals surface area contributed by atoms with Crippen molar-refractivity contribution in [2.24, 2.45) is 0 Å².